The zero-order valence-electron chi connectivity index (χ0n) is 22.9. The van der Waals surface area contributed by atoms with E-state index in [4.69, 9.17) is 0 Å². The average Bonchev–Trinajstić information content (AvgIpc) is 3.56. The van der Waals surface area contributed by atoms with E-state index in [-0.39, 0.29) is 0 Å². The average molecular weight is 535 g/mol. The number of fused-ring (bicyclic) bond motifs is 7. The van der Waals surface area contributed by atoms with Crippen molar-refractivity contribution in [2.75, 3.05) is 0 Å². The third kappa shape index (κ3) is 3.33. The molecule has 42 heavy (non-hydrogen) atoms. The molecule has 2 heteroatoms. The molecule has 0 unspecified atom stereocenters. The Bertz CT molecular complexity index is 2440. The molecule has 0 amide bonds. The number of hydrogen-bond donors (Lipinski definition) is 0. The molecule has 0 spiro atoms. The van der Waals surface area contributed by atoms with Crippen LogP contribution in [0.2, 0.25) is 0 Å². The van der Waals surface area contributed by atoms with Gasteiger partial charge < -0.3 is 9.13 Å². The Labute approximate surface area is 243 Å². The van der Waals surface area contributed by atoms with Crippen LogP contribution in [0, 0.1) is 0 Å². The standard InChI is InChI=1S/C40H26N2/c1-3-13-27(14-4-1)29-23-28-15-7-8-18-31(28)38(24-29)42-37-22-12-10-20-33(37)35-25-34-32-19-9-11-21-36(32)41(39(34)26-40(35)42)30-16-5-2-6-17-30/h1-26H. The first-order valence-corrected chi connectivity index (χ1v) is 14.5. The summed E-state index contributed by atoms with van der Waals surface area (Å²) in [4.78, 5) is 0. The molecule has 0 saturated carbocycles. The van der Waals surface area contributed by atoms with Crippen molar-refractivity contribution in [1.82, 2.24) is 9.13 Å². The van der Waals surface area contributed by atoms with Crippen LogP contribution >= 0.6 is 0 Å². The van der Waals surface area contributed by atoms with Crippen molar-refractivity contribution >= 4 is 54.4 Å². The molecule has 2 nitrogen and oxygen atoms in total. The molecule has 2 aromatic heterocycles. The molecule has 0 bridgehead atoms. The molecule has 0 fully saturated rings. The predicted octanol–water partition coefficient (Wildman–Crippen LogP) is 10.7. The zero-order valence-corrected chi connectivity index (χ0v) is 22.9. The second-order valence-corrected chi connectivity index (χ2v) is 11.0. The van der Waals surface area contributed by atoms with E-state index < -0.39 is 0 Å². The first kappa shape index (κ1) is 23.1. The van der Waals surface area contributed by atoms with E-state index in [9.17, 15) is 0 Å². The fraction of sp³-hybridized carbons (Fsp3) is 0. The third-order valence-corrected chi connectivity index (χ3v) is 8.67. The Kier molecular flexibility index (Phi) is 4.93. The van der Waals surface area contributed by atoms with E-state index in [0.29, 0.717) is 0 Å². The lowest BCUT2D eigenvalue weighted by Crippen LogP contribution is -1.97. The molecule has 0 aliphatic rings. The molecule has 0 saturated heterocycles. The first-order chi connectivity index (χ1) is 20.8. The summed E-state index contributed by atoms with van der Waals surface area (Å²) in [6.07, 6.45) is 0. The number of hydrogen-bond acceptors (Lipinski definition) is 0. The highest BCUT2D eigenvalue weighted by Gasteiger charge is 2.19. The molecule has 0 aliphatic heterocycles. The van der Waals surface area contributed by atoms with Gasteiger partial charge in [-0.3, -0.25) is 0 Å². The van der Waals surface area contributed by atoms with E-state index in [1.165, 1.54) is 76.9 Å². The quantitative estimate of drug-likeness (QED) is 0.213. The van der Waals surface area contributed by atoms with Crippen LogP contribution in [0.3, 0.4) is 0 Å². The Morgan fingerprint density at radius 1 is 0.310 bits per heavy atom. The van der Waals surface area contributed by atoms with E-state index in [1.54, 1.807) is 0 Å². The van der Waals surface area contributed by atoms with Crippen LogP contribution in [0.5, 0.6) is 0 Å². The molecule has 0 atom stereocenters. The Hall–Kier alpha value is -5.60. The summed E-state index contributed by atoms with van der Waals surface area (Å²) in [5.74, 6) is 0. The van der Waals surface area contributed by atoms with Gasteiger partial charge in [-0.05, 0) is 65.0 Å². The highest BCUT2D eigenvalue weighted by Crippen LogP contribution is 2.41. The lowest BCUT2D eigenvalue weighted by molar-refractivity contribution is 1.17. The molecule has 2 heterocycles. The summed E-state index contributed by atoms with van der Waals surface area (Å²) in [5, 5.41) is 7.55. The number of benzene rings is 7. The summed E-state index contributed by atoms with van der Waals surface area (Å²) in [6.45, 7) is 0. The SMILES string of the molecule is c1ccc(-c2cc(-n3c4ccccc4c4cc5c6ccccc6n(-c6ccccc6)c5cc43)c3ccccc3c2)cc1. The van der Waals surface area contributed by atoms with E-state index in [1.807, 2.05) is 0 Å². The summed E-state index contributed by atoms with van der Waals surface area (Å²) in [5.41, 5.74) is 9.65. The molecule has 9 aromatic rings. The maximum Gasteiger partial charge on any atom is 0.0562 e. The molecule has 7 aromatic carbocycles. The molecular formula is C40H26N2. The first-order valence-electron chi connectivity index (χ1n) is 14.5. The molecule has 0 N–H and O–H groups in total. The summed E-state index contributed by atoms with van der Waals surface area (Å²) in [7, 11) is 0. The minimum Gasteiger partial charge on any atom is -0.309 e. The van der Waals surface area contributed by atoms with Gasteiger partial charge in [0.25, 0.3) is 0 Å². The van der Waals surface area contributed by atoms with Crippen molar-refractivity contribution < 1.29 is 0 Å². The van der Waals surface area contributed by atoms with Gasteiger partial charge in [0.1, 0.15) is 0 Å². The third-order valence-electron chi connectivity index (χ3n) is 8.67. The van der Waals surface area contributed by atoms with Crippen molar-refractivity contribution in [2.24, 2.45) is 0 Å². The highest BCUT2D eigenvalue weighted by molar-refractivity contribution is 6.19. The minimum absolute atomic E-state index is 1.17. The smallest absolute Gasteiger partial charge is 0.0562 e. The van der Waals surface area contributed by atoms with Crippen LogP contribution in [0.4, 0.5) is 0 Å². The van der Waals surface area contributed by atoms with Crippen LogP contribution in [0.15, 0.2) is 158 Å². The fourth-order valence-electron chi connectivity index (χ4n) is 6.82. The van der Waals surface area contributed by atoms with Crippen molar-refractivity contribution in [1.29, 1.82) is 0 Å². The van der Waals surface area contributed by atoms with Gasteiger partial charge in [-0.15, -0.1) is 0 Å². The number of aromatic nitrogens is 2. The van der Waals surface area contributed by atoms with Crippen LogP contribution in [-0.4, -0.2) is 9.13 Å². The Balaban J connectivity index is 1.46. The van der Waals surface area contributed by atoms with Gasteiger partial charge in [0.05, 0.1) is 27.8 Å². The van der Waals surface area contributed by atoms with Crippen molar-refractivity contribution in [3.8, 4) is 22.5 Å². The number of para-hydroxylation sites is 3. The lowest BCUT2D eigenvalue weighted by Gasteiger charge is -2.15. The van der Waals surface area contributed by atoms with Gasteiger partial charge in [0.15, 0.2) is 0 Å². The largest absolute Gasteiger partial charge is 0.309 e. The van der Waals surface area contributed by atoms with Crippen molar-refractivity contribution in [3.05, 3.63) is 158 Å². The second-order valence-electron chi connectivity index (χ2n) is 11.0. The maximum absolute atomic E-state index is 2.48. The molecule has 0 aliphatic carbocycles. The van der Waals surface area contributed by atoms with E-state index >= 15 is 0 Å². The van der Waals surface area contributed by atoms with Crippen LogP contribution in [0.25, 0.3) is 76.9 Å². The Morgan fingerprint density at radius 3 is 1.57 bits per heavy atom. The van der Waals surface area contributed by atoms with Gasteiger partial charge >= 0.3 is 0 Å². The van der Waals surface area contributed by atoms with Crippen molar-refractivity contribution in [3.63, 3.8) is 0 Å². The lowest BCUT2D eigenvalue weighted by atomic mass is 9.99. The van der Waals surface area contributed by atoms with E-state index in [0.717, 1.165) is 0 Å². The molecule has 196 valence electrons. The monoisotopic (exact) mass is 534 g/mol. The highest BCUT2D eigenvalue weighted by atomic mass is 15.0. The van der Waals surface area contributed by atoms with Gasteiger partial charge in [-0.2, -0.15) is 0 Å². The van der Waals surface area contributed by atoms with Gasteiger partial charge in [-0.25, -0.2) is 0 Å². The molecular weight excluding hydrogens is 508 g/mol. The van der Waals surface area contributed by atoms with Gasteiger partial charge in [0.2, 0.25) is 0 Å². The fourth-order valence-corrected chi connectivity index (χ4v) is 6.82. The number of nitrogens with zero attached hydrogens (tertiary/aromatic N) is 2. The normalized spacial score (nSPS) is 11.8. The summed E-state index contributed by atoms with van der Waals surface area (Å²) < 4.78 is 4.89. The zero-order chi connectivity index (χ0) is 27.6. The topological polar surface area (TPSA) is 9.86 Å². The number of rotatable bonds is 3. The van der Waals surface area contributed by atoms with Crippen molar-refractivity contribution in [2.45, 2.75) is 0 Å². The van der Waals surface area contributed by atoms with E-state index in [2.05, 4.69) is 167 Å². The molecule has 0 radical (unpaired) electrons. The van der Waals surface area contributed by atoms with Gasteiger partial charge in [-0.1, -0.05) is 109 Å². The maximum atomic E-state index is 2.48. The second kappa shape index (κ2) is 8.95. The van der Waals surface area contributed by atoms with Crippen LogP contribution in [-0.2, 0) is 0 Å². The van der Waals surface area contributed by atoms with Gasteiger partial charge in [0, 0.05) is 32.6 Å². The van der Waals surface area contributed by atoms with Crippen LogP contribution < -0.4 is 0 Å². The van der Waals surface area contributed by atoms with Crippen LogP contribution in [0.1, 0.15) is 0 Å². The molecule has 9 rings (SSSR count). The Morgan fingerprint density at radius 2 is 0.857 bits per heavy atom. The minimum atomic E-state index is 1.17. The summed E-state index contributed by atoms with van der Waals surface area (Å²) in [6, 6.07) is 57.2. The summed E-state index contributed by atoms with van der Waals surface area (Å²) >= 11 is 0. The predicted molar refractivity (Wildman–Crippen MR) is 178 cm³/mol.